The second-order valence-electron chi connectivity index (χ2n) is 3.17. The molecule has 3 heteroatoms. The van der Waals surface area contributed by atoms with Crippen LogP contribution in [-0.2, 0) is 6.42 Å². The first-order valence-corrected chi connectivity index (χ1v) is 4.24. The van der Waals surface area contributed by atoms with Crippen LogP contribution >= 0.6 is 12.4 Å². The summed E-state index contributed by atoms with van der Waals surface area (Å²) in [7, 11) is 1.71. The van der Waals surface area contributed by atoms with E-state index in [-0.39, 0.29) is 18.4 Å². The van der Waals surface area contributed by atoms with E-state index in [1.165, 1.54) is 11.1 Å². The molecule has 0 fully saturated rings. The van der Waals surface area contributed by atoms with Gasteiger partial charge in [-0.05, 0) is 30.0 Å². The molecule has 0 spiro atoms. The van der Waals surface area contributed by atoms with E-state index >= 15 is 0 Å². The third kappa shape index (κ3) is 1.64. The molecule has 2 N–H and O–H groups in total. The van der Waals surface area contributed by atoms with Crippen molar-refractivity contribution in [2.24, 2.45) is 5.73 Å². The quantitative estimate of drug-likeness (QED) is 0.752. The minimum atomic E-state index is 0. The highest BCUT2D eigenvalue weighted by molar-refractivity contribution is 5.85. The van der Waals surface area contributed by atoms with Gasteiger partial charge < -0.3 is 10.5 Å². The summed E-state index contributed by atoms with van der Waals surface area (Å²) < 4.78 is 5.25. The number of ether oxygens (including phenoxy) is 1. The summed E-state index contributed by atoms with van der Waals surface area (Å²) in [6.45, 7) is 0. The van der Waals surface area contributed by atoms with Crippen molar-refractivity contribution in [1.82, 2.24) is 0 Å². The van der Waals surface area contributed by atoms with Crippen LogP contribution in [0.2, 0.25) is 0 Å². The molecule has 1 unspecified atom stereocenters. The Kier molecular flexibility index (Phi) is 3.17. The highest BCUT2D eigenvalue weighted by Crippen LogP contribution is 2.34. The van der Waals surface area contributed by atoms with Crippen molar-refractivity contribution >= 4 is 12.4 Å². The first-order chi connectivity index (χ1) is 5.83. The predicted octanol–water partition coefficient (Wildman–Crippen LogP) is 2.06. The second-order valence-corrected chi connectivity index (χ2v) is 3.17. The molecule has 0 aliphatic heterocycles. The Hall–Kier alpha value is -0.730. The standard InChI is InChI=1S/C10H13NO.ClH/c1-12-10-4-2-3-7-8(10)5-6-9(7)11;/h2-4,9H,5-6,11H2,1H3;1H. The van der Waals surface area contributed by atoms with Crippen LogP contribution < -0.4 is 10.5 Å². The lowest BCUT2D eigenvalue weighted by Crippen LogP contribution is -2.04. The average Bonchev–Trinajstić information content (AvgIpc) is 2.48. The first-order valence-electron chi connectivity index (χ1n) is 4.24. The van der Waals surface area contributed by atoms with Gasteiger partial charge in [0, 0.05) is 6.04 Å². The molecule has 1 aromatic rings. The maximum Gasteiger partial charge on any atom is 0.122 e. The van der Waals surface area contributed by atoms with Crippen LogP contribution in [0.4, 0.5) is 0 Å². The number of nitrogens with two attached hydrogens (primary N) is 1. The van der Waals surface area contributed by atoms with Gasteiger partial charge in [0.1, 0.15) is 5.75 Å². The van der Waals surface area contributed by atoms with Gasteiger partial charge in [-0.25, -0.2) is 0 Å². The van der Waals surface area contributed by atoms with Crippen molar-refractivity contribution in [2.45, 2.75) is 18.9 Å². The van der Waals surface area contributed by atoms with Gasteiger partial charge in [0.05, 0.1) is 7.11 Å². The molecule has 0 saturated heterocycles. The molecule has 72 valence electrons. The Bertz CT molecular complexity index is 301. The van der Waals surface area contributed by atoms with E-state index in [1.54, 1.807) is 7.11 Å². The van der Waals surface area contributed by atoms with Crippen LogP contribution in [0.5, 0.6) is 5.75 Å². The van der Waals surface area contributed by atoms with Crippen molar-refractivity contribution < 1.29 is 4.74 Å². The third-order valence-corrected chi connectivity index (χ3v) is 2.49. The van der Waals surface area contributed by atoms with E-state index < -0.39 is 0 Å². The van der Waals surface area contributed by atoms with Gasteiger partial charge in [0.2, 0.25) is 0 Å². The molecule has 2 nitrogen and oxygen atoms in total. The molecule has 0 radical (unpaired) electrons. The van der Waals surface area contributed by atoms with Gasteiger partial charge in [-0.2, -0.15) is 0 Å². The third-order valence-electron chi connectivity index (χ3n) is 2.49. The Morgan fingerprint density at radius 2 is 2.23 bits per heavy atom. The van der Waals surface area contributed by atoms with E-state index in [2.05, 4.69) is 6.07 Å². The minimum Gasteiger partial charge on any atom is -0.496 e. The molecule has 0 aromatic heterocycles. The van der Waals surface area contributed by atoms with Crippen LogP contribution in [0.1, 0.15) is 23.6 Å². The SMILES string of the molecule is COc1cccc2c1CCC2N.Cl. The summed E-state index contributed by atoms with van der Waals surface area (Å²) in [5.74, 6) is 0.987. The molecule has 0 amide bonds. The molecule has 1 aromatic carbocycles. The molecule has 1 atom stereocenters. The number of halogens is 1. The largest absolute Gasteiger partial charge is 0.496 e. The van der Waals surface area contributed by atoms with Crippen molar-refractivity contribution in [2.75, 3.05) is 7.11 Å². The van der Waals surface area contributed by atoms with E-state index in [4.69, 9.17) is 10.5 Å². The predicted molar refractivity (Wildman–Crippen MR) is 55.5 cm³/mol. The highest BCUT2D eigenvalue weighted by atomic mass is 35.5. The number of rotatable bonds is 1. The van der Waals surface area contributed by atoms with Gasteiger partial charge in [0.25, 0.3) is 0 Å². The molecule has 0 bridgehead atoms. The van der Waals surface area contributed by atoms with Gasteiger partial charge in [0.15, 0.2) is 0 Å². The fourth-order valence-corrected chi connectivity index (χ4v) is 1.84. The Labute approximate surface area is 84.5 Å². The fourth-order valence-electron chi connectivity index (χ4n) is 1.84. The van der Waals surface area contributed by atoms with Gasteiger partial charge >= 0.3 is 0 Å². The van der Waals surface area contributed by atoms with Gasteiger partial charge in [-0.15, -0.1) is 12.4 Å². The summed E-state index contributed by atoms with van der Waals surface area (Å²) in [5, 5.41) is 0. The van der Waals surface area contributed by atoms with E-state index in [1.807, 2.05) is 12.1 Å². The smallest absolute Gasteiger partial charge is 0.122 e. The van der Waals surface area contributed by atoms with Crippen LogP contribution in [0.25, 0.3) is 0 Å². The maximum atomic E-state index is 5.91. The minimum absolute atomic E-state index is 0. The summed E-state index contributed by atoms with van der Waals surface area (Å²) in [4.78, 5) is 0. The Morgan fingerprint density at radius 1 is 1.46 bits per heavy atom. The van der Waals surface area contributed by atoms with Crippen LogP contribution in [0, 0.1) is 0 Å². The topological polar surface area (TPSA) is 35.2 Å². The zero-order valence-corrected chi connectivity index (χ0v) is 8.43. The number of hydrogen-bond donors (Lipinski definition) is 1. The molecule has 2 rings (SSSR count). The zero-order chi connectivity index (χ0) is 8.55. The highest BCUT2D eigenvalue weighted by Gasteiger charge is 2.21. The normalized spacial score (nSPS) is 19.1. The average molecular weight is 200 g/mol. The van der Waals surface area contributed by atoms with Crippen LogP contribution in [0.15, 0.2) is 18.2 Å². The number of methoxy groups -OCH3 is 1. The van der Waals surface area contributed by atoms with Crippen molar-refractivity contribution in [3.63, 3.8) is 0 Å². The second kappa shape index (κ2) is 3.99. The number of fused-ring (bicyclic) bond motifs is 1. The summed E-state index contributed by atoms with van der Waals surface area (Å²) >= 11 is 0. The molecule has 0 heterocycles. The lowest BCUT2D eigenvalue weighted by Gasteiger charge is -2.07. The van der Waals surface area contributed by atoms with Crippen LogP contribution in [0.3, 0.4) is 0 Å². The van der Waals surface area contributed by atoms with Crippen molar-refractivity contribution in [1.29, 1.82) is 0 Å². The lowest BCUT2D eigenvalue weighted by atomic mass is 10.1. The zero-order valence-electron chi connectivity index (χ0n) is 7.62. The van der Waals surface area contributed by atoms with Crippen molar-refractivity contribution in [3.8, 4) is 5.75 Å². The molecule has 1 aliphatic carbocycles. The Morgan fingerprint density at radius 3 is 2.92 bits per heavy atom. The van der Waals surface area contributed by atoms with Gasteiger partial charge in [-0.1, -0.05) is 12.1 Å². The number of hydrogen-bond acceptors (Lipinski definition) is 2. The summed E-state index contributed by atoms with van der Waals surface area (Å²) in [6, 6.07) is 6.31. The maximum absolute atomic E-state index is 5.91. The molecular formula is C10H14ClNO. The van der Waals surface area contributed by atoms with Gasteiger partial charge in [-0.3, -0.25) is 0 Å². The van der Waals surface area contributed by atoms with E-state index in [0.29, 0.717) is 0 Å². The monoisotopic (exact) mass is 199 g/mol. The first kappa shape index (κ1) is 10.4. The molecule has 0 saturated carbocycles. The summed E-state index contributed by atoms with van der Waals surface area (Å²) in [5.41, 5.74) is 8.47. The van der Waals surface area contributed by atoms with E-state index in [0.717, 1.165) is 18.6 Å². The van der Waals surface area contributed by atoms with E-state index in [9.17, 15) is 0 Å². The van der Waals surface area contributed by atoms with Crippen molar-refractivity contribution in [3.05, 3.63) is 29.3 Å². The Balaban J connectivity index is 0.000000845. The molecule has 13 heavy (non-hydrogen) atoms. The molecular weight excluding hydrogens is 186 g/mol. The van der Waals surface area contributed by atoms with Crippen LogP contribution in [-0.4, -0.2) is 7.11 Å². The molecule has 1 aliphatic rings. The number of benzene rings is 1. The lowest BCUT2D eigenvalue weighted by molar-refractivity contribution is 0.410. The summed E-state index contributed by atoms with van der Waals surface area (Å²) in [6.07, 6.45) is 2.11. The fraction of sp³-hybridized carbons (Fsp3) is 0.400.